The van der Waals surface area contributed by atoms with Gasteiger partial charge in [0, 0.05) is 27.4 Å². The Labute approximate surface area is 207 Å². The quantitative estimate of drug-likeness (QED) is 0.480. The fourth-order valence-corrected chi connectivity index (χ4v) is 4.66. The van der Waals surface area contributed by atoms with Crippen LogP contribution < -0.4 is 10.6 Å². The molecule has 0 aliphatic heterocycles. The molecule has 0 saturated heterocycles. The van der Waals surface area contributed by atoms with Crippen LogP contribution in [0, 0.1) is 5.41 Å². The van der Waals surface area contributed by atoms with Gasteiger partial charge in [-0.1, -0.05) is 81.1 Å². The predicted octanol–water partition coefficient (Wildman–Crippen LogP) is 6.30. The van der Waals surface area contributed by atoms with Crippen molar-refractivity contribution in [2.24, 2.45) is 5.41 Å². The van der Waals surface area contributed by atoms with E-state index in [9.17, 15) is 9.59 Å². The van der Waals surface area contributed by atoms with Gasteiger partial charge in [-0.2, -0.15) is 0 Å². The molecule has 3 rings (SSSR count). The van der Waals surface area contributed by atoms with E-state index in [0.29, 0.717) is 22.9 Å². The van der Waals surface area contributed by atoms with Crippen LogP contribution in [0.5, 0.6) is 0 Å². The van der Waals surface area contributed by atoms with Crippen LogP contribution in [0.25, 0.3) is 0 Å². The maximum absolute atomic E-state index is 13.6. The summed E-state index contributed by atoms with van der Waals surface area (Å²) in [5.74, 6) is -0.160. The second kappa shape index (κ2) is 10.5. The molecule has 0 radical (unpaired) electrons. The lowest BCUT2D eigenvalue weighted by Crippen LogP contribution is -2.60. The van der Waals surface area contributed by atoms with Gasteiger partial charge in [-0.05, 0) is 61.6 Å². The fraction of sp³-hybridized carbons (Fsp3) is 0.481. The van der Waals surface area contributed by atoms with Gasteiger partial charge in [-0.3, -0.25) is 9.59 Å². The van der Waals surface area contributed by atoms with Crippen molar-refractivity contribution < 1.29 is 9.59 Å². The number of benzene rings is 2. The molecule has 6 heteroatoms. The van der Waals surface area contributed by atoms with Crippen LogP contribution in [-0.4, -0.2) is 23.4 Å². The molecular formula is C27H34Cl2N2O2. The summed E-state index contributed by atoms with van der Waals surface area (Å²) in [5, 5.41) is 7.72. The molecule has 2 amide bonds. The minimum Gasteiger partial charge on any atom is -0.351 e. The van der Waals surface area contributed by atoms with Crippen molar-refractivity contribution in [1.29, 1.82) is 0 Å². The highest BCUT2D eigenvalue weighted by Crippen LogP contribution is 2.33. The lowest BCUT2D eigenvalue weighted by molar-refractivity contribution is -0.137. The van der Waals surface area contributed by atoms with Crippen molar-refractivity contribution in [3.63, 3.8) is 0 Å². The average Bonchev–Trinajstić information content (AvgIpc) is 3.23. The minimum absolute atomic E-state index is 0.0316. The zero-order valence-electron chi connectivity index (χ0n) is 19.9. The molecule has 0 aromatic heterocycles. The molecule has 1 fully saturated rings. The van der Waals surface area contributed by atoms with E-state index >= 15 is 0 Å². The summed E-state index contributed by atoms with van der Waals surface area (Å²) in [4.78, 5) is 26.3. The van der Waals surface area contributed by atoms with E-state index in [1.54, 1.807) is 0 Å². The van der Waals surface area contributed by atoms with Crippen molar-refractivity contribution in [2.75, 3.05) is 0 Å². The molecule has 4 nitrogen and oxygen atoms in total. The van der Waals surface area contributed by atoms with E-state index in [-0.39, 0.29) is 23.8 Å². The number of hydrogen-bond donors (Lipinski definition) is 2. The van der Waals surface area contributed by atoms with Crippen molar-refractivity contribution in [1.82, 2.24) is 10.6 Å². The second-order valence-electron chi connectivity index (χ2n) is 10.2. The molecule has 1 saturated carbocycles. The van der Waals surface area contributed by atoms with Crippen molar-refractivity contribution in [2.45, 2.75) is 77.3 Å². The van der Waals surface area contributed by atoms with Crippen LogP contribution in [0.15, 0.2) is 48.5 Å². The van der Waals surface area contributed by atoms with Crippen LogP contribution in [-0.2, 0) is 16.0 Å². The van der Waals surface area contributed by atoms with Gasteiger partial charge in [0.1, 0.15) is 5.54 Å². The smallest absolute Gasteiger partial charge is 0.245 e. The minimum atomic E-state index is -0.844. The van der Waals surface area contributed by atoms with Crippen LogP contribution in [0.4, 0.5) is 0 Å². The summed E-state index contributed by atoms with van der Waals surface area (Å²) < 4.78 is 0. The monoisotopic (exact) mass is 488 g/mol. The molecule has 2 aromatic carbocycles. The van der Waals surface area contributed by atoms with Gasteiger partial charge in [0.25, 0.3) is 0 Å². The molecule has 178 valence electrons. The molecule has 2 N–H and O–H groups in total. The Hall–Kier alpha value is -2.04. The van der Waals surface area contributed by atoms with Crippen molar-refractivity contribution >= 4 is 35.0 Å². The largest absolute Gasteiger partial charge is 0.351 e. The zero-order chi connectivity index (χ0) is 24.2. The summed E-state index contributed by atoms with van der Waals surface area (Å²) in [6, 6.07) is 15.4. The van der Waals surface area contributed by atoms with Crippen molar-refractivity contribution in [3.8, 4) is 0 Å². The van der Waals surface area contributed by atoms with E-state index in [1.165, 1.54) is 0 Å². The first kappa shape index (κ1) is 25.6. The maximum atomic E-state index is 13.6. The third kappa shape index (κ3) is 6.51. The number of halogens is 2. The lowest BCUT2D eigenvalue weighted by atomic mass is 9.85. The summed E-state index contributed by atoms with van der Waals surface area (Å²) >= 11 is 12.2. The summed E-state index contributed by atoms with van der Waals surface area (Å²) in [7, 11) is 0. The lowest BCUT2D eigenvalue weighted by Gasteiger charge is -2.35. The van der Waals surface area contributed by atoms with Crippen LogP contribution >= 0.6 is 23.2 Å². The zero-order valence-corrected chi connectivity index (χ0v) is 21.4. The molecule has 0 heterocycles. The van der Waals surface area contributed by atoms with Gasteiger partial charge < -0.3 is 10.6 Å². The molecule has 2 unspecified atom stereocenters. The fourth-order valence-electron chi connectivity index (χ4n) is 4.41. The van der Waals surface area contributed by atoms with Crippen molar-refractivity contribution in [3.05, 3.63) is 69.7 Å². The Balaban J connectivity index is 1.83. The number of carbonyl (C=O) groups is 2. The van der Waals surface area contributed by atoms with E-state index in [0.717, 1.165) is 30.4 Å². The normalized spacial score (nSPS) is 17.3. The number of amides is 2. The predicted molar refractivity (Wildman–Crippen MR) is 136 cm³/mol. The first-order valence-corrected chi connectivity index (χ1v) is 12.4. The Bertz CT molecular complexity index is 959. The molecule has 0 spiro atoms. The van der Waals surface area contributed by atoms with Gasteiger partial charge in [-0.25, -0.2) is 0 Å². The molecule has 1 aliphatic carbocycles. The van der Waals surface area contributed by atoms with E-state index < -0.39 is 11.0 Å². The average molecular weight is 489 g/mol. The van der Waals surface area contributed by atoms with E-state index in [4.69, 9.17) is 23.2 Å². The summed E-state index contributed by atoms with van der Waals surface area (Å²) in [5.41, 5.74) is 0.837. The Kier molecular flexibility index (Phi) is 8.13. The number of nitrogens with one attached hydrogen (secondary N) is 2. The molecule has 1 aliphatic rings. The van der Waals surface area contributed by atoms with Crippen LogP contribution in [0.1, 0.15) is 70.4 Å². The molecular weight excluding hydrogens is 455 g/mol. The van der Waals surface area contributed by atoms with Gasteiger partial charge in [0.05, 0.1) is 0 Å². The van der Waals surface area contributed by atoms with Gasteiger partial charge in [-0.15, -0.1) is 0 Å². The number of rotatable bonds is 7. The number of hydrogen-bond acceptors (Lipinski definition) is 2. The highest BCUT2D eigenvalue weighted by Gasteiger charge is 2.44. The van der Waals surface area contributed by atoms with E-state index in [1.807, 2.05) is 76.2 Å². The maximum Gasteiger partial charge on any atom is 0.245 e. The van der Waals surface area contributed by atoms with Gasteiger partial charge >= 0.3 is 0 Å². The molecule has 2 atom stereocenters. The molecule has 0 bridgehead atoms. The summed E-state index contributed by atoms with van der Waals surface area (Å²) in [6.45, 7) is 7.64. The molecule has 33 heavy (non-hydrogen) atoms. The second-order valence-corrected chi connectivity index (χ2v) is 11.1. The topological polar surface area (TPSA) is 58.2 Å². The Morgan fingerprint density at radius 3 is 1.97 bits per heavy atom. The Morgan fingerprint density at radius 2 is 1.45 bits per heavy atom. The van der Waals surface area contributed by atoms with Gasteiger partial charge in [0.15, 0.2) is 0 Å². The SMILES string of the molecule is CC(NC(=O)C1(NC(=O)C(C)(C)C)CCCC1)C(Cc1ccc(Cl)cc1)c1ccc(Cl)cc1. The van der Waals surface area contributed by atoms with Crippen LogP contribution in [0.2, 0.25) is 10.0 Å². The van der Waals surface area contributed by atoms with E-state index in [2.05, 4.69) is 10.6 Å². The van der Waals surface area contributed by atoms with Gasteiger partial charge in [0.2, 0.25) is 11.8 Å². The highest BCUT2D eigenvalue weighted by atomic mass is 35.5. The first-order valence-electron chi connectivity index (χ1n) is 11.6. The Morgan fingerprint density at radius 1 is 0.939 bits per heavy atom. The summed E-state index contributed by atoms with van der Waals surface area (Å²) in [6.07, 6.45) is 3.92. The standard InChI is InChI=1S/C27H34Cl2N2O2/c1-18(30-25(33)27(15-5-6-16-27)31-24(32)26(2,3)4)23(20-9-13-22(29)14-10-20)17-19-7-11-21(28)12-8-19/h7-14,18,23H,5-6,15-17H2,1-4H3,(H,30,33)(H,31,32). The molecule has 2 aromatic rings. The number of carbonyl (C=O) groups excluding carboxylic acids is 2. The third-order valence-corrected chi connectivity index (χ3v) is 7.06. The first-order chi connectivity index (χ1) is 15.5. The third-order valence-electron chi connectivity index (χ3n) is 6.56. The van der Waals surface area contributed by atoms with Crippen LogP contribution in [0.3, 0.4) is 0 Å². The highest BCUT2D eigenvalue weighted by molar-refractivity contribution is 6.30.